The molecule has 0 saturated heterocycles. The lowest BCUT2D eigenvalue weighted by Crippen LogP contribution is -2.03. The molecule has 0 aliphatic heterocycles. The molecule has 2 saturated carbocycles. The highest BCUT2D eigenvalue weighted by Gasteiger charge is 2.61. The second kappa shape index (κ2) is 4.02. The number of rotatable bonds is 5. The Morgan fingerprint density at radius 2 is 2.18 bits per heavy atom. The van der Waals surface area contributed by atoms with E-state index in [1.165, 1.54) is 0 Å². The Labute approximate surface area is 110 Å². The predicted molar refractivity (Wildman–Crippen MR) is 65.4 cm³/mol. The van der Waals surface area contributed by atoms with Gasteiger partial charge in [0.1, 0.15) is 10.9 Å². The molecule has 0 spiro atoms. The van der Waals surface area contributed by atoms with E-state index in [9.17, 15) is 4.79 Å². The molecule has 2 rings (SSSR count). The molecule has 2 fully saturated rings. The van der Waals surface area contributed by atoms with Gasteiger partial charge in [0.05, 0.1) is 5.92 Å². The van der Waals surface area contributed by atoms with Crippen molar-refractivity contribution in [1.82, 2.24) is 0 Å². The number of hydrogen-bond acceptors (Lipinski definition) is 3. The maximum Gasteiger partial charge on any atom is 0.307 e. The minimum Gasteiger partial charge on any atom is -0.481 e. The minimum absolute atomic E-state index is 0.0593. The molecule has 0 radical (unpaired) electrons. The highest BCUT2D eigenvalue weighted by molar-refractivity contribution is 6.50. The summed E-state index contributed by atoms with van der Waals surface area (Å²) >= 11 is 11.7. The molecule has 4 nitrogen and oxygen atoms in total. The van der Waals surface area contributed by atoms with Gasteiger partial charge in [0.15, 0.2) is 0 Å². The zero-order valence-corrected chi connectivity index (χ0v) is 11.2. The third kappa shape index (κ3) is 2.52. The summed E-state index contributed by atoms with van der Waals surface area (Å²) in [4.78, 5) is 16.0. The molecule has 0 heterocycles. The number of carboxylic acid groups (broad SMARTS) is 1. The number of alkyl halides is 2. The summed E-state index contributed by atoms with van der Waals surface area (Å²) in [5.41, 5.74) is -0.235. The first-order valence-electron chi connectivity index (χ1n) is 5.53. The summed E-state index contributed by atoms with van der Waals surface area (Å²) in [7, 11) is 0. The van der Waals surface area contributed by atoms with Gasteiger partial charge in [-0.2, -0.15) is 0 Å². The zero-order valence-electron chi connectivity index (χ0n) is 9.69. The molecule has 0 amide bonds. The van der Waals surface area contributed by atoms with Gasteiger partial charge in [-0.25, -0.2) is 0 Å². The van der Waals surface area contributed by atoms with E-state index in [1.807, 2.05) is 13.8 Å². The van der Waals surface area contributed by atoms with Crippen molar-refractivity contribution in [3.8, 4) is 0 Å². The molecule has 6 heteroatoms. The number of halogens is 2. The second-order valence-corrected chi connectivity index (χ2v) is 6.92. The maximum absolute atomic E-state index is 10.9. The first kappa shape index (κ1) is 13.0. The van der Waals surface area contributed by atoms with E-state index in [-0.39, 0.29) is 23.2 Å². The molecule has 0 aromatic carbocycles. The van der Waals surface area contributed by atoms with Crippen LogP contribution in [0.3, 0.4) is 0 Å². The first-order chi connectivity index (χ1) is 7.77. The number of nitrogens with zero attached hydrogens (tertiary/aromatic N) is 1. The molecule has 2 aliphatic carbocycles. The van der Waals surface area contributed by atoms with Crippen molar-refractivity contribution >= 4 is 35.4 Å². The van der Waals surface area contributed by atoms with Crippen molar-refractivity contribution in [1.29, 1.82) is 0 Å². The fraction of sp³-hybridized carbons (Fsp3) is 0.818. The summed E-state index contributed by atoms with van der Waals surface area (Å²) in [6.45, 7) is 4.20. The van der Waals surface area contributed by atoms with Crippen LogP contribution in [0.25, 0.3) is 0 Å². The fourth-order valence-electron chi connectivity index (χ4n) is 2.12. The van der Waals surface area contributed by atoms with Gasteiger partial charge >= 0.3 is 5.97 Å². The number of oxime groups is 1. The van der Waals surface area contributed by atoms with Crippen LogP contribution in [0.2, 0.25) is 0 Å². The Morgan fingerprint density at radius 3 is 2.59 bits per heavy atom. The predicted octanol–water partition coefficient (Wildman–Crippen LogP) is 2.54. The van der Waals surface area contributed by atoms with Crippen molar-refractivity contribution < 1.29 is 14.7 Å². The molecule has 1 N–H and O–H groups in total. The molecule has 2 aliphatic rings. The smallest absolute Gasteiger partial charge is 0.307 e. The maximum atomic E-state index is 10.9. The van der Waals surface area contributed by atoms with E-state index in [0.717, 1.165) is 6.42 Å². The van der Waals surface area contributed by atoms with Crippen LogP contribution in [0.1, 0.15) is 20.3 Å². The van der Waals surface area contributed by atoms with E-state index in [4.69, 9.17) is 33.1 Å². The van der Waals surface area contributed by atoms with Crippen LogP contribution in [0, 0.1) is 23.2 Å². The molecule has 0 aromatic heterocycles. The summed E-state index contributed by atoms with van der Waals surface area (Å²) in [6, 6.07) is 0. The van der Waals surface area contributed by atoms with Gasteiger partial charge in [-0.1, -0.05) is 19.0 Å². The molecule has 3 atom stereocenters. The monoisotopic (exact) mass is 279 g/mol. The van der Waals surface area contributed by atoms with E-state index in [0.29, 0.717) is 6.61 Å². The SMILES string of the molecule is CC1(C)C(/C=N/OCC2CC2(Cl)Cl)[C@H]1C(=O)O. The van der Waals surface area contributed by atoms with Crippen LogP contribution in [0.5, 0.6) is 0 Å². The lowest BCUT2D eigenvalue weighted by atomic mass is 10.1. The summed E-state index contributed by atoms with van der Waals surface area (Å²) in [5, 5.41) is 12.7. The van der Waals surface area contributed by atoms with Crippen molar-refractivity contribution in [2.75, 3.05) is 6.61 Å². The van der Waals surface area contributed by atoms with Gasteiger partial charge in [-0.05, 0) is 11.8 Å². The Kier molecular flexibility index (Phi) is 3.07. The van der Waals surface area contributed by atoms with Crippen LogP contribution < -0.4 is 0 Å². The van der Waals surface area contributed by atoms with Crippen molar-refractivity contribution in [2.24, 2.45) is 28.3 Å². The first-order valence-corrected chi connectivity index (χ1v) is 6.28. The van der Waals surface area contributed by atoms with Crippen molar-refractivity contribution in [2.45, 2.75) is 24.6 Å². The Balaban J connectivity index is 1.74. The van der Waals surface area contributed by atoms with Gasteiger partial charge in [-0.15, -0.1) is 23.2 Å². The fourth-order valence-corrected chi connectivity index (χ4v) is 2.62. The highest BCUT2D eigenvalue weighted by Crippen LogP contribution is 2.57. The van der Waals surface area contributed by atoms with E-state index >= 15 is 0 Å². The lowest BCUT2D eigenvalue weighted by Gasteiger charge is -1.99. The normalized spacial score (nSPS) is 36.8. The number of aliphatic carboxylic acids is 1. The Bertz CT molecular complexity index is 368. The van der Waals surface area contributed by atoms with Crippen LogP contribution >= 0.6 is 23.2 Å². The van der Waals surface area contributed by atoms with Gasteiger partial charge in [0.25, 0.3) is 0 Å². The minimum atomic E-state index is -0.783. The Hall–Kier alpha value is -0.480. The molecular formula is C11H15Cl2NO3. The lowest BCUT2D eigenvalue weighted by molar-refractivity contribution is -0.139. The van der Waals surface area contributed by atoms with E-state index in [2.05, 4.69) is 5.16 Å². The third-order valence-electron chi connectivity index (χ3n) is 3.70. The molecule has 0 aromatic rings. The van der Waals surface area contributed by atoms with Crippen molar-refractivity contribution in [3.63, 3.8) is 0 Å². The van der Waals surface area contributed by atoms with Gasteiger partial charge in [0, 0.05) is 18.1 Å². The van der Waals surface area contributed by atoms with Gasteiger partial charge in [0.2, 0.25) is 0 Å². The second-order valence-electron chi connectivity index (χ2n) is 5.38. The molecular weight excluding hydrogens is 265 g/mol. The van der Waals surface area contributed by atoms with Crippen LogP contribution in [-0.2, 0) is 9.63 Å². The Morgan fingerprint density at radius 1 is 1.59 bits per heavy atom. The number of carboxylic acids is 1. The average Bonchev–Trinajstić information content (AvgIpc) is 2.95. The molecule has 17 heavy (non-hydrogen) atoms. The standard InChI is InChI=1S/C11H15Cl2NO3/c1-10(2)7(8(10)9(15)16)4-14-17-5-6-3-11(6,12)13/h4,6-8H,3,5H2,1-2H3,(H,15,16)/b14-4+/t6?,7?,8-/m0/s1. The van der Waals surface area contributed by atoms with Crippen molar-refractivity contribution in [3.05, 3.63) is 0 Å². The molecule has 2 unspecified atom stereocenters. The van der Waals surface area contributed by atoms with Crippen LogP contribution in [0.4, 0.5) is 0 Å². The van der Waals surface area contributed by atoms with Crippen LogP contribution in [-0.4, -0.2) is 28.2 Å². The van der Waals surface area contributed by atoms with E-state index < -0.39 is 10.3 Å². The highest BCUT2D eigenvalue weighted by atomic mass is 35.5. The van der Waals surface area contributed by atoms with Crippen LogP contribution in [0.15, 0.2) is 5.16 Å². The summed E-state index contributed by atoms with van der Waals surface area (Å²) in [5.74, 6) is -1.08. The van der Waals surface area contributed by atoms with Gasteiger partial charge in [-0.3, -0.25) is 4.79 Å². The summed E-state index contributed by atoms with van der Waals surface area (Å²) < 4.78 is -0.655. The number of hydrogen-bond donors (Lipinski definition) is 1. The van der Waals surface area contributed by atoms with Gasteiger partial charge < -0.3 is 9.94 Å². The quantitative estimate of drug-likeness (QED) is 0.478. The molecule has 0 bridgehead atoms. The van der Waals surface area contributed by atoms with E-state index in [1.54, 1.807) is 6.21 Å². The average molecular weight is 280 g/mol. The summed E-state index contributed by atoms with van der Waals surface area (Å²) in [6.07, 6.45) is 2.30. The molecule has 96 valence electrons. The third-order valence-corrected chi connectivity index (χ3v) is 4.63. The largest absolute Gasteiger partial charge is 0.481 e. The zero-order chi connectivity index (χ0) is 12.8. The number of carbonyl (C=O) groups is 1. The topological polar surface area (TPSA) is 58.9 Å².